The number of para-hydroxylation sites is 1. The SMILES string of the molecule is CCCNC(=O)c1cccc(NC(=S)Nc2ccccc2)c1. The highest BCUT2D eigenvalue weighted by Crippen LogP contribution is 2.12. The fourth-order valence-corrected chi connectivity index (χ4v) is 2.13. The van der Waals surface area contributed by atoms with E-state index < -0.39 is 0 Å². The van der Waals surface area contributed by atoms with Crippen molar-refractivity contribution >= 4 is 34.6 Å². The number of anilines is 2. The Morgan fingerprint density at radius 1 is 1.00 bits per heavy atom. The Morgan fingerprint density at radius 2 is 1.68 bits per heavy atom. The third kappa shape index (κ3) is 4.86. The van der Waals surface area contributed by atoms with E-state index in [4.69, 9.17) is 12.2 Å². The molecule has 1 amide bonds. The van der Waals surface area contributed by atoms with E-state index in [1.54, 1.807) is 12.1 Å². The average Bonchev–Trinajstić information content (AvgIpc) is 2.53. The van der Waals surface area contributed by atoms with Crippen molar-refractivity contribution < 1.29 is 4.79 Å². The van der Waals surface area contributed by atoms with Crippen molar-refractivity contribution in [2.75, 3.05) is 17.2 Å². The second-order valence-corrected chi connectivity index (χ2v) is 5.19. The van der Waals surface area contributed by atoms with Crippen LogP contribution >= 0.6 is 12.2 Å². The van der Waals surface area contributed by atoms with Crippen LogP contribution < -0.4 is 16.0 Å². The normalized spacial score (nSPS) is 9.86. The largest absolute Gasteiger partial charge is 0.352 e. The van der Waals surface area contributed by atoms with E-state index >= 15 is 0 Å². The van der Waals surface area contributed by atoms with Gasteiger partial charge in [0.05, 0.1) is 0 Å². The van der Waals surface area contributed by atoms with Crippen molar-refractivity contribution in [2.24, 2.45) is 0 Å². The van der Waals surface area contributed by atoms with Crippen molar-refractivity contribution in [3.05, 3.63) is 60.2 Å². The zero-order valence-corrected chi connectivity index (χ0v) is 13.2. The Kier molecular flexibility index (Phi) is 5.91. The summed E-state index contributed by atoms with van der Waals surface area (Å²) >= 11 is 5.27. The van der Waals surface area contributed by atoms with Gasteiger partial charge in [0.15, 0.2) is 5.11 Å². The molecule has 0 saturated carbocycles. The van der Waals surface area contributed by atoms with Crippen LogP contribution in [-0.4, -0.2) is 17.6 Å². The lowest BCUT2D eigenvalue weighted by Crippen LogP contribution is -2.24. The summed E-state index contributed by atoms with van der Waals surface area (Å²) in [6.07, 6.45) is 0.911. The maximum absolute atomic E-state index is 11.9. The molecule has 0 heterocycles. The predicted molar refractivity (Wildman–Crippen MR) is 95.4 cm³/mol. The predicted octanol–water partition coefficient (Wildman–Crippen LogP) is 3.64. The van der Waals surface area contributed by atoms with E-state index in [1.165, 1.54) is 0 Å². The molecule has 114 valence electrons. The van der Waals surface area contributed by atoms with Gasteiger partial charge in [-0.15, -0.1) is 0 Å². The first-order valence-electron chi connectivity index (χ1n) is 7.20. The van der Waals surface area contributed by atoms with Crippen LogP contribution in [0.4, 0.5) is 11.4 Å². The fraction of sp³-hybridized carbons (Fsp3) is 0.176. The first kappa shape index (κ1) is 16.0. The molecule has 4 nitrogen and oxygen atoms in total. The summed E-state index contributed by atoms with van der Waals surface area (Å²) in [5, 5.41) is 9.51. The van der Waals surface area contributed by atoms with Crippen molar-refractivity contribution in [2.45, 2.75) is 13.3 Å². The summed E-state index contributed by atoms with van der Waals surface area (Å²) < 4.78 is 0. The average molecular weight is 313 g/mol. The van der Waals surface area contributed by atoms with E-state index in [0.717, 1.165) is 17.8 Å². The van der Waals surface area contributed by atoms with Gasteiger partial charge in [-0.25, -0.2) is 0 Å². The second kappa shape index (κ2) is 8.14. The van der Waals surface area contributed by atoms with Crippen LogP contribution in [0.2, 0.25) is 0 Å². The summed E-state index contributed by atoms with van der Waals surface area (Å²) in [6, 6.07) is 16.9. The molecule has 2 rings (SSSR count). The molecule has 0 aliphatic carbocycles. The molecule has 2 aromatic rings. The standard InChI is InChI=1S/C17H19N3OS/c1-2-11-18-16(21)13-7-6-10-15(12-13)20-17(22)19-14-8-4-3-5-9-14/h3-10,12H,2,11H2,1H3,(H,18,21)(H2,19,20,22). The number of amides is 1. The monoisotopic (exact) mass is 313 g/mol. The number of nitrogens with one attached hydrogen (secondary N) is 3. The summed E-state index contributed by atoms with van der Waals surface area (Å²) in [5.41, 5.74) is 2.30. The minimum absolute atomic E-state index is 0.0764. The molecule has 0 atom stereocenters. The van der Waals surface area contributed by atoms with Crippen molar-refractivity contribution in [1.29, 1.82) is 0 Å². The van der Waals surface area contributed by atoms with E-state index in [0.29, 0.717) is 17.2 Å². The molecule has 2 aromatic carbocycles. The van der Waals surface area contributed by atoms with Gasteiger partial charge in [0.2, 0.25) is 0 Å². The van der Waals surface area contributed by atoms with Gasteiger partial charge in [0, 0.05) is 23.5 Å². The van der Waals surface area contributed by atoms with Gasteiger partial charge < -0.3 is 16.0 Å². The Morgan fingerprint density at radius 3 is 2.41 bits per heavy atom. The van der Waals surface area contributed by atoms with Gasteiger partial charge >= 0.3 is 0 Å². The highest BCUT2D eigenvalue weighted by atomic mass is 32.1. The van der Waals surface area contributed by atoms with Crippen LogP contribution in [-0.2, 0) is 0 Å². The zero-order valence-electron chi connectivity index (χ0n) is 12.4. The molecule has 0 aliphatic heterocycles. The summed E-state index contributed by atoms with van der Waals surface area (Å²) in [5.74, 6) is -0.0764. The number of benzene rings is 2. The number of hydrogen-bond acceptors (Lipinski definition) is 2. The second-order valence-electron chi connectivity index (χ2n) is 4.78. The van der Waals surface area contributed by atoms with E-state index in [9.17, 15) is 4.79 Å². The summed E-state index contributed by atoms with van der Waals surface area (Å²) in [7, 11) is 0. The highest BCUT2D eigenvalue weighted by Gasteiger charge is 2.06. The molecule has 0 aliphatic rings. The van der Waals surface area contributed by atoms with E-state index in [2.05, 4.69) is 16.0 Å². The van der Waals surface area contributed by atoms with Gasteiger partial charge in [0.25, 0.3) is 5.91 Å². The Hall–Kier alpha value is -2.40. The van der Waals surface area contributed by atoms with E-state index in [-0.39, 0.29) is 5.91 Å². The lowest BCUT2D eigenvalue weighted by Gasteiger charge is -2.11. The van der Waals surface area contributed by atoms with Crippen molar-refractivity contribution in [3.63, 3.8) is 0 Å². The maximum Gasteiger partial charge on any atom is 0.251 e. The topological polar surface area (TPSA) is 53.2 Å². The van der Waals surface area contributed by atoms with Crippen LogP contribution in [0.3, 0.4) is 0 Å². The third-order valence-corrected chi connectivity index (χ3v) is 3.15. The van der Waals surface area contributed by atoms with Gasteiger partial charge in [0.1, 0.15) is 0 Å². The molecule has 0 unspecified atom stereocenters. The van der Waals surface area contributed by atoms with Crippen LogP contribution in [0.5, 0.6) is 0 Å². The lowest BCUT2D eigenvalue weighted by molar-refractivity contribution is 0.0953. The molecule has 0 bridgehead atoms. The van der Waals surface area contributed by atoms with Gasteiger partial charge in [-0.2, -0.15) is 0 Å². The minimum Gasteiger partial charge on any atom is -0.352 e. The fourth-order valence-electron chi connectivity index (χ4n) is 1.89. The van der Waals surface area contributed by atoms with Crippen molar-refractivity contribution in [1.82, 2.24) is 5.32 Å². The third-order valence-electron chi connectivity index (χ3n) is 2.95. The first-order valence-corrected chi connectivity index (χ1v) is 7.61. The van der Waals surface area contributed by atoms with Crippen LogP contribution in [0.15, 0.2) is 54.6 Å². The number of carbonyl (C=O) groups excluding carboxylic acids is 1. The Balaban J connectivity index is 1.98. The molecular formula is C17H19N3OS. The summed E-state index contributed by atoms with van der Waals surface area (Å²) in [6.45, 7) is 2.69. The zero-order chi connectivity index (χ0) is 15.8. The number of rotatable bonds is 5. The smallest absolute Gasteiger partial charge is 0.251 e. The van der Waals surface area contributed by atoms with Crippen LogP contribution in [0.25, 0.3) is 0 Å². The molecule has 0 aromatic heterocycles. The Labute approximate surface area is 135 Å². The Bertz CT molecular complexity index is 643. The maximum atomic E-state index is 11.9. The minimum atomic E-state index is -0.0764. The molecule has 22 heavy (non-hydrogen) atoms. The van der Waals surface area contributed by atoms with Gasteiger partial charge in [-0.05, 0) is 49.0 Å². The summed E-state index contributed by atoms with van der Waals surface area (Å²) in [4.78, 5) is 11.9. The lowest BCUT2D eigenvalue weighted by atomic mass is 10.2. The molecule has 0 saturated heterocycles. The molecule has 3 N–H and O–H groups in total. The van der Waals surface area contributed by atoms with Gasteiger partial charge in [-0.3, -0.25) is 4.79 Å². The quantitative estimate of drug-likeness (QED) is 0.738. The van der Waals surface area contributed by atoms with Crippen molar-refractivity contribution in [3.8, 4) is 0 Å². The molecule has 0 spiro atoms. The molecule has 0 radical (unpaired) electrons. The number of carbonyl (C=O) groups is 1. The van der Waals surface area contributed by atoms with Gasteiger partial charge in [-0.1, -0.05) is 31.2 Å². The molecular weight excluding hydrogens is 294 g/mol. The molecule has 5 heteroatoms. The van der Waals surface area contributed by atoms with Crippen LogP contribution in [0.1, 0.15) is 23.7 Å². The highest BCUT2D eigenvalue weighted by molar-refractivity contribution is 7.80. The number of thiocarbonyl (C=S) groups is 1. The van der Waals surface area contributed by atoms with Crippen LogP contribution in [0, 0.1) is 0 Å². The first-order chi connectivity index (χ1) is 10.7. The molecule has 0 fully saturated rings. The van der Waals surface area contributed by atoms with E-state index in [1.807, 2.05) is 49.4 Å². The number of hydrogen-bond donors (Lipinski definition) is 3.